The van der Waals surface area contributed by atoms with Gasteiger partial charge >= 0.3 is 11.0 Å². The smallest absolute Gasteiger partial charge is 0.349 e. The molecule has 8 nitrogen and oxygen atoms in total. The first-order valence-corrected chi connectivity index (χ1v) is 7.98. The lowest BCUT2D eigenvalue weighted by Crippen LogP contribution is -2.35. The van der Waals surface area contributed by atoms with Crippen molar-refractivity contribution in [2.24, 2.45) is 0 Å². The van der Waals surface area contributed by atoms with E-state index < -0.39 is 23.4 Å². The maximum Gasteiger partial charge on any atom is 0.349 e. The van der Waals surface area contributed by atoms with Gasteiger partial charge in [0.15, 0.2) is 6.61 Å². The zero-order chi connectivity index (χ0) is 18.2. The standard InChI is InChI=1S/C16H13N3O5S/c17-9-4-10-18(12-5-2-1-3-6-12)14(20)11-24-16(21)13-7-8-15(25-13)19(22)23/h1-3,5-8H,4,10-11H2. The van der Waals surface area contributed by atoms with Crippen LogP contribution < -0.4 is 4.90 Å². The summed E-state index contributed by atoms with van der Waals surface area (Å²) in [4.78, 5) is 35.7. The van der Waals surface area contributed by atoms with Gasteiger partial charge in [0.25, 0.3) is 5.91 Å². The minimum atomic E-state index is -0.806. The Morgan fingerprint density at radius 2 is 1.96 bits per heavy atom. The van der Waals surface area contributed by atoms with Crippen molar-refractivity contribution in [2.75, 3.05) is 18.1 Å². The van der Waals surface area contributed by atoms with Crippen LogP contribution in [0.4, 0.5) is 10.7 Å². The van der Waals surface area contributed by atoms with Crippen LogP contribution in [-0.2, 0) is 9.53 Å². The summed E-state index contributed by atoms with van der Waals surface area (Å²) in [6.45, 7) is -0.355. The number of amides is 1. The Morgan fingerprint density at radius 3 is 2.56 bits per heavy atom. The van der Waals surface area contributed by atoms with Crippen molar-refractivity contribution in [2.45, 2.75) is 6.42 Å². The van der Waals surface area contributed by atoms with Gasteiger partial charge in [-0.15, -0.1) is 0 Å². The van der Waals surface area contributed by atoms with Crippen LogP contribution in [0.1, 0.15) is 16.1 Å². The molecule has 0 bridgehead atoms. The number of thiophene rings is 1. The molecule has 0 fully saturated rings. The third kappa shape index (κ3) is 4.86. The topological polar surface area (TPSA) is 114 Å². The fraction of sp³-hybridized carbons (Fsp3) is 0.188. The normalized spacial score (nSPS) is 9.88. The molecule has 0 saturated carbocycles. The first kappa shape index (κ1) is 18.1. The number of carbonyl (C=O) groups is 2. The highest BCUT2D eigenvalue weighted by Gasteiger charge is 2.20. The zero-order valence-electron chi connectivity index (χ0n) is 13.0. The number of rotatable bonds is 7. The van der Waals surface area contributed by atoms with E-state index in [1.165, 1.54) is 17.0 Å². The van der Waals surface area contributed by atoms with Gasteiger partial charge in [0.2, 0.25) is 0 Å². The predicted molar refractivity (Wildman–Crippen MR) is 90.3 cm³/mol. The lowest BCUT2D eigenvalue weighted by molar-refractivity contribution is -0.380. The maximum atomic E-state index is 12.3. The quantitative estimate of drug-likeness (QED) is 0.427. The van der Waals surface area contributed by atoms with E-state index in [4.69, 9.17) is 10.00 Å². The fourth-order valence-electron chi connectivity index (χ4n) is 1.98. The molecule has 0 saturated heterocycles. The molecule has 0 atom stereocenters. The molecule has 1 aromatic heterocycles. The van der Waals surface area contributed by atoms with Crippen molar-refractivity contribution in [3.8, 4) is 6.07 Å². The number of nitrogens with zero attached hydrogens (tertiary/aromatic N) is 3. The largest absolute Gasteiger partial charge is 0.451 e. The molecule has 0 radical (unpaired) electrons. The van der Waals surface area contributed by atoms with E-state index in [0.29, 0.717) is 17.0 Å². The molecule has 2 aromatic rings. The number of nitriles is 1. The second-order valence-corrected chi connectivity index (χ2v) is 5.82. The van der Waals surface area contributed by atoms with E-state index in [1.54, 1.807) is 30.3 Å². The number of para-hydroxylation sites is 1. The zero-order valence-corrected chi connectivity index (χ0v) is 13.8. The molecular weight excluding hydrogens is 346 g/mol. The van der Waals surface area contributed by atoms with E-state index in [2.05, 4.69) is 0 Å². The van der Waals surface area contributed by atoms with E-state index in [0.717, 1.165) is 0 Å². The lowest BCUT2D eigenvalue weighted by atomic mass is 10.2. The van der Waals surface area contributed by atoms with Crippen molar-refractivity contribution in [3.05, 3.63) is 57.5 Å². The average Bonchev–Trinajstić information content (AvgIpc) is 3.11. The summed E-state index contributed by atoms with van der Waals surface area (Å²) >= 11 is 0.678. The number of anilines is 1. The molecule has 0 aliphatic carbocycles. The van der Waals surface area contributed by atoms with Crippen molar-refractivity contribution in [1.82, 2.24) is 0 Å². The molecular formula is C16H13N3O5S. The van der Waals surface area contributed by atoms with Crippen LogP contribution in [0.2, 0.25) is 0 Å². The van der Waals surface area contributed by atoms with Gasteiger partial charge in [0, 0.05) is 18.3 Å². The molecule has 9 heteroatoms. The second-order valence-electron chi connectivity index (χ2n) is 4.76. The third-order valence-corrected chi connectivity index (χ3v) is 4.13. The first-order valence-electron chi connectivity index (χ1n) is 7.16. The molecule has 1 amide bonds. The maximum absolute atomic E-state index is 12.3. The average molecular weight is 359 g/mol. The summed E-state index contributed by atoms with van der Waals surface area (Å²) in [7, 11) is 0. The van der Waals surface area contributed by atoms with E-state index in [1.807, 2.05) is 6.07 Å². The Balaban J connectivity index is 2.01. The molecule has 0 spiro atoms. The van der Waals surface area contributed by atoms with Crippen LogP contribution in [0.3, 0.4) is 0 Å². The summed E-state index contributed by atoms with van der Waals surface area (Å²) in [6.07, 6.45) is 0.131. The SMILES string of the molecule is N#CCCN(C(=O)COC(=O)c1ccc([N+](=O)[O-])s1)c1ccccc1. The number of hydrogen-bond acceptors (Lipinski definition) is 7. The van der Waals surface area contributed by atoms with Gasteiger partial charge < -0.3 is 9.64 Å². The number of esters is 1. The number of hydrogen-bond donors (Lipinski definition) is 0. The van der Waals surface area contributed by atoms with Gasteiger partial charge in [-0.05, 0) is 18.2 Å². The number of carbonyl (C=O) groups excluding carboxylic acids is 2. The van der Waals surface area contributed by atoms with Crippen LogP contribution in [-0.4, -0.2) is 30.0 Å². The Bertz CT molecular complexity index is 813. The van der Waals surface area contributed by atoms with Crippen molar-refractivity contribution < 1.29 is 19.2 Å². The van der Waals surface area contributed by atoms with Crippen LogP contribution in [0, 0.1) is 21.4 Å². The molecule has 0 aliphatic heterocycles. The minimum absolute atomic E-state index is 0.0442. The van der Waals surface area contributed by atoms with E-state index in [9.17, 15) is 19.7 Å². The first-order chi connectivity index (χ1) is 12.0. The number of nitro groups is 1. The fourth-order valence-corrected chi connectivity index (χ4v) is 2.69. The molecule has 25 heavy (non-hydrogen) atoms. The van der Waals surface area contributed by atoms with Crippen LogP contribution in [0.25, 0.3) is 0 Å². The summed E-state index contributed by atoms with van der Waals surface area (Å²) < 4.78 is 4.94. The highest BCUT2D eigenvalue weighted by atomic mass is 32.1. The Labute approximate surface area is 147 Å². The summed E-state index contributed by atoms with van der Waals surface area (Å²) in [6, 6.07) is 13.1. The van der Waals surface area contributed by atoms with Gasteiger partial charge in [-0.3, -0.25) is 14.9 Å². The van der Waals surface area contributed by atoms with E-state index >= 15 is 0 Å². The van der Waals surface area contributed by atoms with Crippen molar-refractivity contribution in [1.29, 1.82) is 5.26 Å². The predicted octanol–water partition coefficient (Wildman–Crippen LogP) is 2.76. The van der Waals surface area contributed by atoms with Crippen LogP contribution in [0.15, 0.2) is 42.5 Å². The highest BCUT2D eigenvalue weighted by Crippen LogP contribution is 2.24. The van der Waals surface area contributed by atoms with Crippen LogP contribution in [0.5, 0.6) is 0 Å². The molecule has 0 N–H and O–H groups in total. The minimum Gasteiger partial charge on any atom is -0.451 e. The Kier molecular flexibility index (Phi) is 6.20. The van der Waals surface area contributed by atoms with Gasteiger partial charge in [-0.1, -0.05) is 29.5 Å². The van der Waals surface area contributed by atoms with Crippen LogP contribution >= 0.6 is 11.3 Å². The third-order valence-electron chi connectivity index (χ3n) is 3.12. The number of benzene rings is 1. The molecule has 2 rings (SSSR count). The molecule has 0 unspecified atom stereocenters. The Hall–Kier alpha value is -3.25. The molecule has 0 aliphatic rings. The molecule has 1 aromatic carbocycles. The van der Waals surface area contributed by atoms with Gasteiger partial charge in [-0.25, -0.2) is 4.79 Å². The Morgan fingerprint density at radius 1 is 1.24 bits per heavy atom. The second kappa shape index (κ2) is 8.56. The summed E-state index contributed by atoms with van der Waals surface area (Å²) in [5.41, 5.74) is 0.588. The van der Waals surface area contributed by atoms with Gasteiger partial charge in [0.05, 0.1) is 17.4 Å². The van der Waals surface area contributed by atoms with Gasteiger partial charge in [-0.2, -0.15) is 5.26 Å². The van der Waals surface area contributed by atoms with Crippen molar-refractivity contribution in [3.63, 3.8) is 0 Å². The van der Waals surface area contributed by atoms with Gasteiger partial charge in [0.1, 0.15) is 4.88 Å². The van der Waals surface area contributed by atoms with E-state index in [-0.39, 0.29) is 22.8 Å². The summed E-state index contributed by atoms with van der Waals surface area (Å²) in [5, 5.41) is 19.2. The monoisotopic (exact) mass is 359 g/mol. The number of ether oxygens (including phenoxy) is 1. The molecule has 1 heterocycles. The van der Waals surface area contributed by atoms with Crippen molar-refractivity contribution >= 4 is 33.9 Å². The highest BCUT2D eigenvalue weighted by molar-refractivity contribution is 7.17. The molecule has 128 valence electrons. The summed E-state index contributed by atoms with van der Waals surface area (Å²) in [5.74, 6) is -1.29. The lowest BCUT2D eigenvalue weighted by Gasteiger charge is -2.21.